The molecule has 0 radical (unpaired) electrons. The molecule has 4 aromatic rings. The quantitative estimate of drug-likeness (QED) is 0.0603. The van der Waals surface area contributed by atoms with E-state index in [1.54, 1.807) is 13.8 Å². The summed E-state index contributed by atoms with van der Waals surface area (Å²) in [7, 11) is 0. The third kappa shape index (κ3) is 9.23. The van der Waals surface area contributed by atoms with E-state index in [1.165, 1.54) is 48.7 Å². The summed E-state index contributed by atoms with van der Waals surface area (Å²) >= 11 is 12.7. The summed E-state index contributed by atoms with van der Waals surface area (Å²) in [5.41, 5.74) is 4.63. The van der Waals surface area contributed by atoms with Crippen LogP contribution in [0.5, 0.6) is 0 Å². The van der Waals surface area contributed by atoms with E-state index in [0.29, 0.717) is 15.8 Å². The van der Waals surface area contributed by atoms with Gasteiger partial charge in [0.2, 0.25) is 0 Å². The molecule has 0 spiro atoms. The molecule has 2 aromatic carbocycles. The van der Waals surface area contributed by atoms with Gasteiger partial charge in [-0.3, -0.25) is 14.7 Å². The fourth-order valence-corrected chi connectivity index (χ4v) is 5.56. The molecule has 1 fully saturated rings. The van der Waals surface area contributed by atoms with Crippen molar-refractivity contribution in [3.8, 4) is 22.5 Å². The Hall–Kier alpha value is -4.91. The Morgan fingerprint density at radius 3 is 2.31 bits per heavy atom. The average molecular weight is 807 g/mol. The van der Waals surface area contributed by atoms with Gasteiger partial charge >= 0.3 is 25.4 Å². The number of rotatable bonds is 13. The maximum absolute atomic E-state index is 14.4. The highest BCUT2D eigenvalue weighted by molar-refractivity contribution is 6.33. The molecule has 54 heavy (non-hydrogen) atoms. The van der Waals surface area contributed by atoms with Gasteiger partial charge in [0, 0.05) is 34.3 Å². The molecule has 1 aliphatic rings. The van der Waals surface area contributed by atoms with E-state index < -0.39 is 60.3 Å². The zero-order valence-electron chi connectivity index (χ0n) is 28.4. The van der Waals surface area contributed by atoms with Crippen molar-refractivity contribution in [2.24, 2.45) is 10.7 Å². The van der Waals surface area contributed by atoms with Gasteiger partial charge in [-0.2, -0.15) is 45.6 Å². The third-order valence-electron chi connectivity index (χ3n) is 8.40. The van der Waals surface area contributed by atoms with Crippen molar-refractivity contribution in [1.82, 2.24) is 34.8 Å². The number of hydrogen-bond acceptors (Lipinski definition) is 7. The molecular formula is C33H32Cl2F7N9O3. The number of aliphatic imine (C=N–C) groups is 1. The number of ether oxygens (including phenoxy) is 1. The monoisotopic (exact) mass is 805 g/mol. The fraction of sp³-hybridized carbons (Fsp3) is 0.394. The number of alkyl carbamates (subject to hydrolysis) is 1. The number of alkyl halides is 8. The van der Waals surface area contributed by atoms with Crippen molar-refractivity contribution < 1.29 is 45.1 Å². The Labute approximate surface area is 313 Å². The Kier molecular flexibility index (Phi) is 11.8. The van der Waals surface area contributed by atoms with Crippen molar-refractivity contribution in [2.45, 2.75) is 68.8 Å². The molecule has 1 aliphatic carbocycles. The van der Waals surface area contributed by atoms with Crippen molar-refractivity contribution in [3.63, 3.8) is 0 Å². The average Bonchev–Trinajstić information content (AvgIpc) is 3.47. The molecule has 21 heteroatoms. The number of nitrogens with one attached hydrogen (secondary N) is 1. The van der Waals surface area contributed by atoms with E-state index in [-0.39, 0.29) is 58.0 Å². The maximum Gasteiger partial charge on any atom is 0.411 e. The van der Waals surface area contributed by atoms with Gasteiger partial charge in [0.15, 0.2) is 11.8 Å². The van der Waals surface area contributed by atoms with Gasteiger partial charge < -0.3 is 15.8 Å². The van der Waals surface area contributed by atoms with Gasteiger partial charge in [0.1, 0.15) is 18.5 Å². The van der Waals surface area contributed by atoms with Crippen molar-refractivity contribution in [3.05, 3.63) is 77.3 Å². The van der Waals surface area contributed by atoms with Gasteiger partial charge in [0.05, 0.1) is 17.3 Å². The summed E-state index contributed by atoms with van der Waals surface area (Å²) in [6.45, 7) is -3.42. The molecule has 3 N–H and O–H groups in total. The Morgan fingerprint density at radius 1 is 1.06 bits per heavy atom. The van der Waals surface area contributed by atoms with E-state index >= 15 is 0 Å². The Balaban J connectivity index is 1.58. The van der Waals surface area contributed by atoms with Gasteiger partial charge in [-0.25, -0.2) is 14.5 Å². The summed E-state index contributed by atoms with van der Waals surface area (Å²) < 4.78 is 101. The first-order valence-electron chi connectivity index (χ1n) is 16.0. The highest BCUT2D eigenvalue weighted by atomic mass is 35.5. The molecule has 2 amide bonds. The van der Waals surface area contributed by atoms with Gasteiger partial charge in [-0.15, -0.1) is 11.6 Å². The molecule has 1 atom stereocenters. The summed E-state index contributed by atoms with van der Waals surface area (Å²) in [6, 6.07) is 8.03. The van der Waals surface area contributed by atoms with Crippen LogP contribution in [0.4, 0.5) is 35.5 Å². The second-order valence-electron chi connectivity index (χ2n) is 12.8. The zero-order valence-corrected chi connectivity index (χ0v) is 29.9. The Morgan fingerprint density at radius 2 is 1.74 bits per heavy atom. The lowest BCUT2D eigenvalue weighted by atomic mass is 10.0. The fourth-order valence-electron chi connectivity index (χ4n) is 5.27. The largest absolute Gasteiger partial charge is 0.447 e. The summed E-state index contributed by atoms with van der Waals surface area (Å²) in [5.74, 6) is -1.66. The molecule has 5 rings (SSSR count). The van der Waals surface area contributed by atoms with Crippen LogP contribution in [0, 0.1) is 0 Å². The molecule has 2 heterocycles. The van der Waals surface area contributed by atoms with Crippen molar-refractivity contribution in [1.29, 1.82) is 0 Å². The van der Waals surface area contributed by atoms with E-state index in [4.69, 9.17) is 33.7 Å². The second kappa shape index (κ2) is 15.8. The molecule has 0 bridgehead atoms. The number of aromatic nitrogens is 5. The number of nitrogens with two attached hydrogens (primary N) is 1. The number of benzene rings is 2. The number of hydrogen-bond donors (Lipinski definition) is 2. The molecule has 0 aliphatic heterocycles. The molecular weight excluding hydrogens is 774 g/mol. The first-order valence-corrected chi connectivity index (χ1v) is 16.8. The van der Waals surface area contributed by atoms with E-state index in [2.05, 4.69) is 20.2 Å². The van der Waals surface area contributed by atoms with Gasteiger partial charge in [-0.05, 0) is 68.5 Å². The van der Waals surface area contributed by atoms with Gasteiger partial charge in [-0.1, -0.05) is 29.8 Å². The summed E-state index contributed by atoms with van der Waals surface area (Å²) in [5, 5.41) is 8.90. The number of nitrogens with zero attached hydrogens (tertiary/aromatic N) is 7. The lowest BCUT2D eigenvalue weighted by Crippen LogP contribution is -2.49. The van der Waals surface area contributed by atoms with E-state index in [1.807, 2.05) is 5.32 Å². The number of carbonyl (C=O) groups excluding carboxylic acids is 2. The van der Waals surface area contributed by atoms with E-state index in [0.717, 1.165) is 17.4 Å². The molecule has 290 valence electrons. The van der Waals surface area contributed by atoms with Crippen LogP contribution in [0.2, 0.25) is 5.02 Å². The molecule has 0 saturated heterocycles. The minimum atomic E-state index is -4.77. The van der Waals surface area contributed by atoms with Crippen molar-refractivity contribution >= 4 is 41.2 Å². The number of carbonyl (C=O) groups is 2. The third-order valence-corrected chi connectivity index (χ3v) is 8.92. The predicted molar refractivity (Wildman–Crippen MR) is 183 cm³/mol. The molecule has 2 aromatic heterocycles. The van der Waals surface area contributed by atoms with E-state index in [9.17, 15) is 40.3 Å². The number of guanidine groups is 1. The first kappa shape index (κ1) is 40.3. The van der Waals surface area contributed by atoms with Crippen LogP contribution in [0.15, 0.2) is 66.2 Å². The van der Waals surface area contributed by atoms with Gasteiger partial charge in [0.25, 0.3) is 5.91 Å². The summed E-state index contributed by atoms with van der Waals surface area (Å²) in [4.78, 5) is 35.6. The smallest absolute Gasteiger partial charge is 0.411 e. The normalized spacial score (nSPS) is 15.0. The van der Waals surface area contributed by atoms with Crippen molar-refractivity contribution in [2.75, 3.05) is 13.2 Å². The van der Waals surface area contributed by atoms with Crippen LogP contribution in [-0.4, -0.2) is 77.1 Å². The lowest BCUT2D eigenvalue weighted by Gasteiger charge is -2.32. The van der Waals surface area contributed by atoms with Crippen LogP contribution in [0.25, 0.3) is 22.5 Å². The Bertz CT molecular complexity index is 1990. The molecule has 1 saturated carbocycles. The van der Waals surface area contributed by atoms with Crippen LogP contribution in [-0.2, 0) is 4.74 Å². The SMILES string of the molecule is CC(C)(Cl)CCN=C(N)N(C(=O)c1ccc(-c2cnn(C(F)F)c2)cc1)[C@H](COC(=O)NC1(C(F)(F)F)CC1)c1ccc(Cl)c(-c2ncnn2C(F)F)c1. The zero-order chi connectivity index (χ0) is 39.6. The second-order valence-corrected chi connectivity index (χ2v) is 14.2. The minimum Gasteiger partial charge on any atom is -0.447 e. The van der Waals surface area contributed by atoms with Crippen LogP contribution in [0.1, 0.15) is 68.2 Å². The number of amides is 2. The highest BCUT2D eigenvalue weighted by Crippen LogP contribution is 2.49. The lowest BCUT2D eigenvalue weighted by molar-refractivity contribution is -0.164. The molecule has 0 unspecified atom stereocenters. The standard InChI is InChI=1S/C33H32Cl2F7N9O3/c1-31(2,35)11-12-44-29(43)50(26(52)19-5-3-18(4-6-19)21-14-46-49(15-21)27(36)37)24(16-54-30(53)48-32(9-10-32)33(40,41)42)20-7-8-23(34)22(13-20)25-45-17-47-51(25)28(38)39/h3-8,13-15,17,24,27-28H,9-12,16H2,1-2H3,(H2,43,44)(H,48,53)/t24-/m1/s1. The molecule has 12 nitrogen and oxygen atoms in total. The maximum atomic E-state index is 14.4. The van der Waals surface area contributed by atoms with Crippen LogP contribution in [0.3, 0.4) is 0 Å². The minimum absolute atomic E-state index is 0.00922. The summed E-state index contributed by atoms with van der Waals surface area (Å²) in [6.07, 6.45) is -3.53. The van der Waals surface area contributed by atoms with Crippen LogP contribution >= 0.6 is 23.2 Å². The predicted octanol–water partition coefficient (Wildman–Crippen LogP) is 7.98. The highest BCUT2D eigenvalue weighted by Gasteiger charge is 2.64. The topological polar surface area (TPSA) is 146 Å². The number of halogens is 9. The van der Waals surface area contributed by atoms with Crippen LogP contribution < -0.4 is 11.1 Å². The first-order chi connectivity index (χ1) is 25.3.